The van der Waals surface area contributed by atoms with Crippen molar-refractivity contribution in [2.45, 2.75) is 31.9 Å². The second-order valence-corrected chi connectivity index (χ2v) is 4.75. The molecule has 0 saturated carbocycles. The van der Waals surface area contributed by atoms with Gasteiger partial charge in [0.2, 0.25) is 0 Å². The standard InChI is InChI=1S/C14H20FN/c1-2-16-10-8-14(15,9-11-16)12-13-6-4-3-5-7-13/h3-7H,2,8-12H2,1H3. The van der Waals surface area contributed by atoms with Gasteiger partial charge in [-0.1, -0.05) is 37.3 Å². The largest absolute Gasteiger partial charge is 0.303 e. The molecule has 0 N–H and O–H groups in total. The van der Waals surface area contributed by atoms with Crippen molar-refractivity contribution in [2.24, 2.45) is 0 Å². The minimum absolute atomic E-state index is 0.575. The molecular weight excluding hydrogens is 201 g/mol. The van der Waals surface area contributed by atoms with Crippen molar-refractivity contribution in [3.05, 3.63) is 35.9 Å². The summed E-state index contributed by atoms with van der Waals surface area (Å²) in [4.78, 5) is 2.32. The van der Waals surface area contributed by atoms with Gasteiger partial charge in [0.25, 0.3) is 0 Å². The van der Waals surface area contributed by atoms with Crippen LogP contribution in [0, 0.1) is 0 Å². The first-order chi connectivity index (χ1) is 7.72. The summed E-state index contributed by atoms with van der Waals surface area (Å²) < 4.78 is 14.5. The highest BCUT2D eigenvalue weighted by Crippen LogP contribution is 2.30. The van der Waals surface area contributed by atoms with E-state index in [9.17, 15) is 4.39 Å². The number of alkyl halides is 1. The fourth-order valence-corrected chi connectivity index (χ4v) is 2.41. The minimum Gasteiger partial charge on any atom is -0.303 e. The summed E-state index contributed by atoms with van der Waals surface area (Å²) in [5.74, 6) is 0. The number of nitrogens with zero attached hydrogens (tertiary/aromatic N) is 1. The zero-order chi connectivity index (χ0) is 11.4. The van der Waals surface area contributed by atoms with Gasteiger partial charge in [0.05, 0.1) is 0 Å². The SMILES string of the molecule is CCN1CCC(F)(Cc2ccccc2)CC1. The molecule has 1 fully saturated rings. The molecule has 1 saturated heterocycles. The van der Waals surface area contributed by atoms with E-state index in [1.165, 1.54) is 0 Å². The second kappa shape index (κ2) is 4.96. The molecule has 0 aromatic heterocycles. The smallest absolute Gasteiger partial charge is 0.117 e. The zero-order valence-electron chi connectivity index (χ0n) is 9.95. The molecule has 0 bridgehead atoms. The molecule has 1 aromatic carbocycles. The average molecular weight is 221 g/mol. The van der Waals surface area contributed by atoms with Crippen LogP contribution in [0.2, 0.25) is 0 Å². The van der Waals surface area contributed by atoms with Crippen molar-refractivity contribution in [3.8, 4) is 0 Å². The zero-order valence-corrected chi connectivity index (χ0v) is 9.95. The Kier molecular flexibility index (Phi) is 3.59. The van der Waals surface area contributed by atoms with Gasteiger partial charge in [-0.3, -0.25) is 0 Å². The summed E-state index contributed by atoms with van der Waals surface area (Å²) >= 11 is 0. The van der Waals surface area contributed by atoms with Gasteiger partial charge >= 0.3 is 0 Å². The van der Waals surface area contributed by atoms with Crippen LogP contribution in [0.4, 0.5) is 4.39 Å². The molecule has 0 spiro atoms. The number of likely N-dealkylation sites (tertiary alicyclic amines) is 1. The molecule has 1 nitrogen and oxygen atoms in total. The van der Waals surface area contributed by atoms with Crippen LogP contribution in [0.3, 0.4) is 0 Å². The van der Waals surface area contributed by atoms with Crippen molar-refractivity contribution in [1.29, 1.82) is 0 Å². The fourth-order valence-electron chi connectivity index (χ4n) is 2.41. The van der Waals surface area contributed by atoms with Gasteiger partial charge in [-0.25, -0.2) is 4.39 Å². The Morgan fingerprint density at radius 1 is 1.19 bits per heavy atom. The molecule has 2 heteroatoms. The predicted molar refractivity (Wildman–Crippen MR) is 65.3 cm³/mol. The highest BCUT2D eigenvalue weighted by molar-refractivity contribution is 5.17. The maximum absolute atomic E-state index is 14.5. The monoisotopic (exact) mass is 221 g/mol. The van der Waals surface area contributed by atoms with Crippen LogP contribution >= 0.6 is 0 Å². The van der Waals surface area contributed by atoms with E-state index in [4.69, 9.17) is 0 Å². The molecule has 0 aliphatic carbocycles. The Labute approximate surface area is 97.3 Å². The molecule has 0 atom stereocenters. The van der Waals surface area contributed by atoms with Crippen LogP contribution in [0.1, 0.15) is 25.3 Å². The number of benzene rings is 1. The summed E-state index contributed by atoms with van der Waals surface area (Å²) in [6.45, 7) is 4.99. The number of halogens is 1. The molecule has 88 valence electrons. The Hall–Kier alpha value is -0.890. The average Bonchev–Trinajstić information content (AvgIpc) is 2.31. The van der Waals surface area contributed by atoms with Gasteiger partial charge in [0, 0.05) is 19.5 Å². The van der Waals surface area contributed by atoms with Gasteiger partial charge < -0.3 is 4.90 Å². The van der Waals surface area contributed by atoms with E-state index in [1.807, 2.05) is 30.3 Å². The lowest BCUT2D eigenvalue weighted by atomic mass is 9.87. The molecule has 0 radical (unpaired) electrons. The lowest BCUT2D eigenvalue weighted by Gasteiger charge is -2.36. The summed E-state index contributed by atoms with van der Waals surface area (Å²) in [7, 11) is 0. The lowest BCUT2D eigenvalue weighted by molar-refractivity contribution is 0.0610. The number of hydrogen-bond donors (Lipinski definition) is 0. The van der Waals surface area contributed by atoms with Crippen molar-refractivity contribution < 1.29 is 4.39 Å². The van der Waals surface area contributed by atoms with Gasteiger partial charge in [-0.2, -0.15) is 0 Å². The Balaban J connectivity index is 1.95. The Bertz CT molecular complexity index is 315. The van der Waals surface area contributed by atoms with E-state index in [1.54, 1.807) is 0 Å². The molecule has 1 heterocycles. The molecule has 0 unspecified atom stereocenters. The maximum Gasteiger partial charge on any atom is 0.117 e. The molecule has 2 rings (SSSR count). The van der Waals surface area contributed by atoms with Crippen molar-refractivity contribution in [1.82, 2.24) is 4.90 Å². The lowest BCUT2D eigenvalue weighted by Crippen LogP contribution is -2.42. The number of hydrogen-bond acceptors (Lipinski definition) is 1. The Morgan fingerprint density at radius 2 is 1.81 bits per heavy atom. The first-order valence-electron chi connectivity index (χ1n) is 6.17. The summed E-state index contributed by atoms with van der Waals surface area (Å²) in [5.41, 5.74) is 0.141. The highest BCUT2D eigenvalue weighted by Gasteiger charge is 2.33. The molecule has 0 amide bonds. The molecule has 1 aliphatic heterocycles. The van der Waals surface area contributed by atoms with Crippen LogP contribution in [0.5, 0.6) is 0 Å². The van der Waals surface area contributed by atoms with Crippen LogP contribution < -0.4 is 0 Å². The van der Waals surface area contributed by atoms with E-state index >= 15 is 0 Å². The third-order valence-corrected chi connectivity index (χ3v) is 3.56. The first kappa shape index (κ1) is 11.6. The normalized spacial score (nSPS) is 20.9. The van der Waals surface area contributed by atoms with E-state index < -0.39 is 5.67 Å². The van der Waals surface area contributed by atoms with Crippen molar-refractivity contribution in [2.75, 3.05) is 19.6 Å². The van der Waals surface area contributed by atoms with E-state index in [2.05, 4.69) is 11.8 Å². The van der Waals surface area contributed by atoms with Crippen molar-refractivity contribution >= 4 is 0 Å². The van der Waals surface area contributed by atoms with Gasteiger partial charge in [0.1, 0.15) is 5.67 Å². The molecule has 16 heavy (non-hydrogen) atoms. The van der Waals surface area contributed by atoms with Crippen LogP contribution in [0.25, 0.3) is 0 Å². The van der Waals surface area contributed by atoms with E-state index in [0.717, 1.165) is 25.2 Å². The third kappa shape index (κ3) is 2.82. The third-order valence-electron chi connectivity index (χ3n) is 3.56. The second-order valence-electron chi connectivity index (χ2n) is 4.75. The Morgan fingerprint density at radius 3 is 2.38 bits per heavy atom. The minimum atomic E-state index is -0.979. The van der Waals surface area contributed by atoms with Crippen molar-refractivity contribution in [3.63, 3.8) is 0 Å². The first-order valence-corrected chi connectivity index (χ1v) is 6.17. The summed E-state index contributed by atoms with van der Waals surface area (Å²) in [6.07, 6.45) is 1.93. The molecule has 1 aromatic rings. The van der Waals surface area contributed by atoms with Crippen LogP contribution in [-0.4, -0.2) is 30.2 Å². The van der Waals surface area contributed by atoms with Crippen LogP contribution in [-0.2, 0) is 6.42 Å². The molecular formula is C14H20FN. The maximum atomic E-state index is 14.5. The fraction of sp³-hybridized carbons (Fsp3) is 0.571. The predicted octanol–water partition coefficient (Wildman–Crippen LogP) is 3.05. The summed E-state index contributed by atoms with van der Waals surface area (Å²) in [5, 5.41) is 0. The number of piperidine rings is 1. The quantitative estimate of drug-likeness (QED) is 0.758. The number of rotatable bonds is 3. The van der Waals surface area contributed by atoms with E-state index in [-0.39, 0.29) is 0 Å². The van der Waals surface area contributed by atoms with Gasteiger partial charge in [-0.15, -0.1) is 0 Å². The van der Waals surface area contributed by atoms with Crippen LogP contribution in [0.15, 0.2) is 30.3 Å². The van der Waals surface area contributed by atoms with Gasteiger partial charge in [-0.05, 0) is 24.9 Å². The molecule has 1 aliphatic rings. The topological polar surface area (TPSA) is 3.24 Å². The van der Waals surface area contributed by atoms with Gasteiger partial charge in [0.15, 0.2) is 0 Å². The summed E-state index contributed by atoms with van der Waals surface area (Å²) in [6, 6.07) is 9.99. The highest BCUT2D eigenvalue weighted by atomic mass is 19.1. The van der Waals surface area contributed by atoms with E-state index in [0.29, 0.717) is 19.3 Å².